The zero-order valence-electron chi connectivity index (χ0n) is 10.6. The number of fused-ring (bicyclic) bond motifs is 1. The van der Waals surface area contributed by atoms with E-state index in [1.807, 2.05) is 6.92 Å². The number of ether oxygens (including phenoxy) is 1. The van der Waals surface area contributed by atoms with Gasteiger partial charge in [-0.2, -0.15) is 0 Å². The average Bonchev–Trinajstić information content (AvgIpc) is 2.78. The predicted octanol–water partition coefficient (Wildman–Crippen LogP) is 2.28. The first kappa shape index (κ1) is 13.9. The Hall–Kier alpha value is -0.560. The summed E-state index contributed by atoms with van der Waals surface area (Å²) in [6.07, 6.45) is 0. The van der Waals surface area contributed by atoms with Gasteiger partial charge in [-0.05, 0) is 42.4 Å². The van der Waals surface area contributed by atoms with E-state index in [-0.39, 0.29) is 5.97 Å². The highest BCUT2D eigenvalue weighted by Gasteiger charge is 2.28. The van der Waals surface area contributed by atoms with Crippen LogP contribution in [0.2, 0.25) is 0 Å². The van der Waals surface area contributed by atoms with Crippen LogP contribution in [-0.4, -0.2) is 36.5 Å². The molecule has 0 fully saturated rings. The number of carbonyl (C=O) groups is 1. The van der Waals surface area contributed by atoms with E-state index in [0.29, 0.717) is 19.2 Å². The summed E-state index contributed by atoms with van der Waals surface area (Å²) in [4.78, 5) is 11.5. The quantitative estimate of drug-likeness (QED) is 0.664. The largest absolute Gasteiger partial charge is 0.465 e. The third kappa shape index (κ3) is 3.26. The van der Waals surface area contributed by atoms with Crippen molar-refractivity contribution in [3.8, 4) is 0 Å². The lowest BCUT2D eigenvalue weighted by Gasteiger charge is -2.31. The van der Waals surface area contributed by atoms with E-state index in [2.05, 4.69) is 28.0 Å². The van der Waals surface area contributed by atoms with Gasteiger partial charge < -0.3 is 10.1 Å². The molecule has 1 aliphatic heterocycles. The molecule has 0 saturated heterocycles. The number of carbonyl (C=O) groups excluding carboxylic acids is 1. The summed E-state index contributed by atoms with van der Waals surface area (Å²) in [6.45, 7) is 6.48. The SMILES string of the molecule is CCNC1CN(CC(=O)OCC)Sc2sccc21. The minimum Gasteiger partial charge on any atom is -0.465 e. The standard InChI is InChI=1S/C12H18N2O2S2/c1-3-13-10-7-14(8-11(15)16-4-2)18-12-9(10)5-6-17-12/h5-6,10,13H,3-4,7-8H2,1-2H3. The van der Waals surface area contributed by atoms with Gasteiger partial charge in [0.1, 0.15) is 6.54 Å². The van der Waals surface area contributed by atoms with E-state index in [4.69, 9.17) is 4.74 Å². The smallest absolute Gasteiger partial charge is 0.321 e. The fraction of sp³-hybridized carbons (Fsp3) is 0.583. The summed E-state index contributed by atoms with van der Waals surface area (Å²) in [6, 6.07) is 2.48. The Balaban J connectivity index is 2.02. The number of nitrogens with zero attached hydrogens (tertiary/aromatic N) is 1. The predicted molar refractivity (Wildman–Crippen MR) is 74.8 cm³/mol. The van der Waals surface area contributed by atoms with E-state index in [0.717, 1.165) is 13.1 Å². The summed E-state index contributed by atoms with van der Waals surface area (Å²) in [5.74, 6) is -0.153. The molecule has 1 atom stereocenters. The van der Waals surface area contributed by atoms with Crippen molar-refractivity contribution in [1.29, 1.82) is 0 Å². The van der Waals surface area contributed by atoms with Gasteiger partial charge in [0.2, 0.25) is 0 Å². The Bertz CT molecular complexity index is 409. The van der Waals surface area contributed by atoms with E-state index in [1.54, 1.807) is 23.3 Å². The van der Waals surface area contributed by atoms with Gasteiger partial charge in [-0.1, -0.05) is 6.92 Å². The van der Waals surface area contributed by atoms with Gasteiger partial charge in [0.25, 0.3) is 0 Å². The van der Waals surface area contributed by atoms with E-state index >= 15 is 0 Å². The second kappa shape index (κ2) is 6.56. The Morgan fingerprint density at radius 1 is 1.61 bits per heavy atom. The molecule has 100 valence electrons. The summed E-state index contributed by atoms with van der Waals surface area (Å²) >= 11 is 3.39. The van der Waals surface area contributed by atoms with Gasteiger partial charge in [-0.15, -0.1) is 11.3 Å². The van der Waals surface area contributed by atoms with Gasteiger partial charge in [0, 0.05) is 12.6 Å². The van der Waals surface area contributed by atoms with Crippen LogP contribution in [0.5, 0.6) is 0 Å². The maximum atomic E-state index is 11.5. The minimum absolute atomic E-state index is 0.153. The number of rotatable bonds is 5. The van der Waals surface area contributed by atoms with Gasteiger partial charge >= 0.3 is 5.97 Å². The van der Waals surface area contributed by atoms with Crippen molar-refractivity contribution in [1.82, 2.24) is 9.62 Å². The van der Waals surface area contributed by atoms with Crippen LogP contribution in [0.3, 0.4) is 0 Å². The lowest BCUT2D eigenvalue weighted by molar-refractivity contribution is -0.143. The lowest BCUT2D eigenvalue weighted by atomic mass is 10.1. The zero-order valence-corrected chi connectivity index (χ0v) is 12.3. The molecule has 0 saturated carbocycles. The molecule has 1 aliphatic rings. The van der Waals surface area contributed by atoms with E-state index in [1.165, 1.54) is 9.77 Å². The van der Waals surface area contributed by atoms with Gasteiger partial charge in [0.15, 0.2) is 0 Å². The summed E-state index contributed by atoms with van der Waals surface area (Å²) in [5, 5.41) is 5.57. The monoisotopic (exact) mass is 286 g/mol. The summed E-state index contributed by atoms with van der Waals surface area (Å²) in [7, 11) is 0. The molecule has 2 rings (SSSR count). The van der Waals surface area contributed by atoms with Gasteiger partial charge in [0.05, 0.1) is 10.8 Å². The van der Waals surface area contributed by atoms with Crippen molar-refractivity contribution in [2.45, 2.75) is 24.1 Å². The van der Waals surface area contributed by atoms with Crippen molar-refractivity contribution >= 4 is 29.3 Å². The number of nitrogens with one attached hydrogen (secondary N) is 1. The van der Waals surface area contributed by atoms with Crippen molar-refractivity contribution in [3.05, 3.63) is 17.0 Å². The van der Waals surface area contributed by atoms with Crippen molar-refractivity contribution < 1.29 is 9.53 Å². The highest BCUT2D eigenvalue weighted by Crippen LogP contribution is 2.40. The number of esters is 1. The van der Waals surface area contributed by atoms with Gasteiger partial charge in [-0.25, -0.2) is 4.31 Å². The topological polar surface area (TPSA) is 41.6 Å². The fourth-order valence-corrected chi connectivity index (χ4v) is 4.25. The van der Waals surface area contributed by atoms with Crippen LogP contribution in [0.4, 0.5) is 0 Å². The molecule has 18 heavy (non-hydrogen) atoms. The third-order valence-electron chi connectivity index (χ3n) is 2.69. The molecule has 6 heteroatoms. The minimum atomic E-state index is -0.153. The molecular weight excluding hydrogens is 268 g/mol. The van der Waals surface area contributed by atoms with Crippen molar-refractivity contribution in [3.63, 3.8) is 0 Å². The first-order valence-corrected chi connectivity index (χ1v) is 7.79. The Kier molecular flexibility index (Phi) is 5.05. The Morgan fingerprint density at radius 2 is 2.44 bits per heavy atom. The zero-order chi connectivity index (χ0) is 13.0. The van der Waals surface area contributed by atoms with Gasteiger partial charge in [-0.3, -0.25) is 4.79 Å². The van der Waals surface area contributed by atoms with Crippen LogP contribution >= 0.6 is 23.3 Å². The third-order valence-corrected chi connectivity index (χ3v) is 4.87. The second-order valence-electron chi connectivity index (χ2n) is 3.99. The molecule has 1 N–H and O–H groups in total. The van der Waals surface area contributed by atoms with Crippen molar-refractivity contribution in [2.24, 2.45) is 0 Å². The number of hydrogen-bond acceptors (Lipinski definition) is 6. The van der Waals surface area contributed by atoms with Crippen molar-refractivity contribution in [2.75, 3.05) is 26.2 Å². The van der Waals surface area contributed by atoms with Crippen LogP contribution in [0.1, 0.15) is 25.5 Å². The molecule has 0 aliphatic carbocycles. The van der Waals surface area contributed by atoms with Crippen LogP contribution in [-0.2, 0) is 9.53 Å². The van der Waals surface area contributed by atoms with Crippen LogP contribution in [0.25, 0.3) is 0 Å². The lowest BCUT2D eigenvalue weighted by Crippen LogP contribution is -2.37. The molecule has 2 heterocycles. The molecule has 0 radical (unpaired) electrons. The first-order valence-electron chi connectivity index (χ1n) is 6.13. The molecule has 0 aromatic carbocycles. The normalized spacial score (nSPS) is 19.6. The highest BCUT2D eigenvalue weighted by atomic mass is 32.2. The molecule has 4 nitrogen and oxygen atoms in total. The Morgan fingerprint density at radius 3 is 3.17 bits per heavy atom. The van der Waals surface area contributed by atoms with Crippen LogP contribution in [0.15, 0.2) is 15.7 Å². The average molecular weight is 286 g/mol. The molecule has 1 aromatic heterocycles. The van der Waals surface area contributed by atoms with Crippen LogP contribution < -0.4 is 5.32 Å². The first-order chi connectivity index (χ1) is 8.74. The molecule has 0 spiro atoms. The summed E-state index contributed by atoms with van der Waals surface area (Å²) in [5.41, 5.74) is 1.35. The number of thiophene rings is 1. The second-order valence-corrected chi connectivity index (χ2v) is 6.27. The molecular formula is C12H18N2O2S2. The maximum absolute atomic E-state index is 11.5. The molecule has 1 aromatic rings. The number of hydrogen-bond donors (Lipinski definition) is 1. The van der Waals surface area contributed by atoms with E-state index in [9.17, 15) is 4.79 Å². The Labute approximate surface area is 116 Å². The number of likely N-dealkylation sites (N-methyl/N-ethyl adjacent to an activating group) is 1. The van der Waals surface area contributed by atoms with E-state index < -0.39 is 0 Å². The molecule has 0 amide bonds. The summed E-state index contributed by atoms with van der Waals surface area (Å²) < 4.78 is 8.35. The maximum Gasteiger partial charge on any atom is 0.321 e. The molecule has 0 bridgehead atoms. The van der Waals surface area contributed by atoms with Crippen LogP contribution in [0, 0.1) is 0 Å². The highest BCUT2D eigenvalue weighted by molar-refractivity contribution is 7.99. The fourth-order valence-electron chi connectivity index (χ4n) is 1.96. The molecule has 1 unspecified atom stereocenters.